The molecule has 4 aliphatic rings. The minimum atomic E-state index is -0.0181. The lowest BCUT2D eigenvalue weighted by atomic mass is 9.89. The lowest BCUT2D eigenvalue weighted by molar-refractivity contribution is -0.151. The third kappa shape index (κ3) is 2.03. The van der Waals surface area contributed by atoms with Crippen molar-refractivity contribution in [2.24, 2.45) is 11.8 Å². The zero-order chi connectivity index (χ0) is 12.1. The van der Waals surface area contributed by atoms with Gasteiger partial charge in [-0.15, -0.1) is 0 Å². The van der Waals surface area contributed by atoms with Gasteiger partial charge < -0.3 is 14.2 Å². The number of carbonyl (C=O) groups is 1. The summed E-state index contributed by atoms with van der Waals surface area (Å²) >= 11 is 0. The van der Waals surface area contributed by atoms with Crippen molar-refractivity contribution in [1.29, 1.82) is 0 Å². The molecule has 0 aromatic carbocycles. The van der Waals surface area contributed by atoms with Crippen LogP contribution in [0, 0.1) is 11.8 Å². The molecule has 18 heavy (non-hydrogen) atoms. The SMILES string of the molecule is O=C(OCC1CC=C2OC2C1)C1CCC2OC2C1. The number of ether oxygens (including phenoxy) is 3. The molecule has 0 N–H and O–H groups in total. The molecular formula is C14H18O4. The van der Waals surface area contributed by atoms with Crippen molar-refractivity contribution < 1.29 is 19.0 Å². The topological polar surface area (TPSA) is 51.4 Å². The van der Waals surface area contributed by atoms with E-state index in [1.165, 1.54) is 0 Å². The number of hydrogen-bond donors (Lipinski definition) is 0. The van der Waals surface area contributed by atoms with Crippen molar-refractivity contribution in [3.8, 4) is 0 Å². The monoisotopic (exact) mass is 250 g/mol. The molecule has 5 atom stereocenters. The van der Waals surface area contributed by atoms with E-state index < -0.39 is 0 Å². The molecule has 0 spiro atoms. The van der Waals surface area contributed by atoms with Crippen LogP contribution in [0.5, 0.6) is 0 Å². The molecule has 4 nitrogen and oxygen atoms in total. The van der Waals surface area contributed by atoms with Crippen molar-refractivity contribution in [3.05, 3.63) is 11.8 Å². The molecule has 98 valence electrons. The quantitative estimate of drug-likeness (QED) is 0.566. The first-order valence-corrected chi connectivity index (χ1v) is 6.98. The molecule has 4 heteroatoms. The molecule has 2 aliphatic heterocycles. The molecule has 5 unspecified atom stereocenters. The van der Waals surface area contributed by atoms with Gasteiger partial charge in [-0.25, -0.2) is 0 Å². The Balaban J connectivity index is 1.24. The van der Waals surface area contributed by atoms with Gasteiger partial charge in [0, 0.05) is 5.92 Å². The Bertz CT molecular complexity index is 403. The van der Waals surface area contributed by atoms with Gasteiger partial charge in [-0.05, 0) is 38.2 Å². The predicted molar refractivity (Wildman–Crippen MR) is 62.6 cm³/mol. The van der Waals surface area contributed by atoms with Crippen molar-refractivity contribution in [2.75, 3.05) is 6.61 Å². The number of allylic oxidation sites excluding steroid dienone is 1. The van der Waals surface area contributed by atoms with Crippen LogP contribution >= 0.6 is 0 Å². The summed E-state index contributed by atoms with van der Waals surface area (Å²) in [5, 5.41) is 0. The maximum atomic E-state index is 12.0. The fourth-order valence-electron chi connectivity index (χ4n) is 3.23. The molecule has 0 radical (unpaired) electrons. The average Bonchev–Trinajstić information content (AvgIpc) is 3.26. The van der Waals surface area contributed by atoms with E-state index >= 15 is 0 Å². The summed E-state index contributed by atoms with van der Waals surface area (Å²) in [5.74, 6) is 1.64. The summed E-state index contributed by atoms with van der Waals surface area (Å²) < 4.78 is 16.3. The first kappa shape index (κ1) is 10.9. The maximum Gasteiger partial charge on any atom is 0.309 e. The molecule has 3 fully saturated rings. The first-order valence-electron chi connectivity index (χ1n) is 6.98. The number of rotatable bonds is 3. The Hall–Kier alpha value is -1.03. The summed E-state index contributed by atoms with van der Waals surface area (Å²) in [6, 6.07) is 0. The minimum Gasteiger partial charge on any atom is -0.483 e. The Morgan fingerprint density at radius 1 is 1.33 bits per heavy atom. The standard InChI is InChI=1S/C14H18O4/c15-14(9-2-4-11-13(6-9)18-11)16-7-8-1-3-10-12(5-8)17-10/h3,8-9,11-13H,1-2,4-7H2. The fourth-order valence-corrected chi connectivity index (χ4v) is 3.23. The minimum absolute atomic E-state index is 0.0181. The van der Waals surface area contributed by atoms with E-state index in [9.17, 15) is 4.79 Å². The Kier molecular flexibility index (Phi) is 2.40. The second kappa shape index (κ2) is 3.98. The van der Waals surface area contributed by atoms with Crippen molar-refractivity contribution in [3.63, 3.8) is 0 Å². The summed E-state index contributed by atoms with van der Waals surface area (Å²) in [4.78, 5) is 12.0. The average molecular weight is 250 g/mol. The summed E-state index contributed by atoms with van der Waals surface area (Å²) in [6.07, 6.45) is 8.07. The highest BCUT2D eigenvalue weighted by molar-refractivity contribution is 5.72. The second-order valence-corrected chi connectivity index (χ2v) is 5.90. The van der Waals surface area contributed by atoms with E-state index in [2.05, 4.69) is 6.08 Å². The van der Waals surface area contributed by atoms with Crippen LogP contribution in [0.4, 0.5) is 0 Å². The highest BCUT2D eigenvalue weighted by Crippen LogP contribution is 2.41. The second-order valence-electron chi connectivity index (χ2n) is 5.90. The Morgan fingerprint density at radius 2 is 2.28 bits per heavy atom. The van der Waals surface area contributed by atoms with Gasteiger partial charge in [0.2, 0.25) is 0 Å². The molecule has 4 rings (SSSR count). The van der Waals surface area contributed by atoms with Crippen LogP contribution in [0.15, 0.2) is 11.8 Å². The third-order valence-electron chi connectivity index (χ3n) is 4.54. The van der Waals surface area contributed by atoms with Crippen molar-refractivity contribution >= 4 is 5.97 Å². The van der Waals surface area contributed by atoms with E-state index in [-0.39, 0.29) is 11.9 Å². The van der Waals surface area contributed by atoms with E-state index in [1.54, 1.807) is 0 Å². The molecule has 0 aromatic heterocycles. The lowest BCUT2D eigenvalue weighted by Gasteiger charge is -2.20. The van der Waals surface area contributed by atoms with Crippen LogP contribution in [0.1, 0.15) is 32.1 Å². The van der Waals surface area contributed by atoms with E-state index in [0.29, 0.717) is 30.8 Å². The van der Waals surface area contributed by atoms with Gasteiger partial charge in [-0.3, -0.25) is 4.79 Å². The highest BCUT2D eigenvalue weighted by atomic mass is 16.6. The largest absolute Gasteiger partial charge is 0.483 e. The molecule has 2 heterocycles. The Labute approximate surface area is 106 Å². The summed E-state index contributed by atoms with van der Waals surface area (Å²) in [7, 11) is 0. The molecule has 0 aromatic rings. The molecule has 2 saturated heterocycles. The highest BCUT2D eigenvalue weighted by Gasteiger charge is 2.46. The smallest absolute Gasteiger partial charge is 0.309 e. The molecule has 1 saturated carbocycles. The molecule has 2 aliphatic carbocycles. The number of hydrogen-bond acceptors (Lipinski definition) is 4. The zero-order valence-corrected chi connectivity index (χ0v) is 10.3. The van der Waals surface area contributed by atoms with Gasteiger partial charge in [-0.2, -0.15) is 0 Å². The normalized spacial score (nSPS) is 44.0. The van der Waals surface area contributed by atoms with Gasteiger partial charge >= 0.3 is 5.97 Å². The number of epoxide rings is 2. The number of esters is 1. The van der Waals surface area contributed by atoms with Crippen LogP contribution in [0.2, 0.25) is 0 Å². The van der Waals surface area contributed by atoms with Gasteiger partial charge in [0.15, 0.2) is 6.10 Å². The number of fused-ring (bicyclic) bond motifs is 2. The molecular weight excluding hydrogens is 232 g/mol. The van der Waals surface area contributed by atoms with Crippen molar-refractivity contribution in [2.45, 2.75) is 50.4 Å². The third-order valence-corrected chi connectivity index (χ3v) is 4.54. The van der Waals surface area contributed by atoms with Crippen LogP contribution < -0.4 is 0 Å². The van der Waals surface area contributed by atoms with Gasteiger partial charge in [0.25, 0.3) is 0 Å². The zero-order valence-electron chi connectivity index (χ0n) is 10.3. The van der Waals surface area contributed by atoms with Gasteiger partial charge in [-0.1, -0.05) is 0 Å². The molecule has 0 amide bonds. The predicted octanol–water partition coefficient (Wildman–Crippen LogP) is 1.79. The van der Waals surface area contributed by atoms with Gasteiger partial charge in [0.1, 0.15) is 5.76 Å². The van der Waals surface area contributed by atoms with E-state index in [4.69, 9.17) is 14.2 Å². The fraction of sp³-hybridized carbons (Fsp3) is 0.786. The summed E-state index contributed by atoms with van der Waals surface area (Å²) in [5.41, 5.74) is 0. The summed E-state index contributed by atoms with van der Waals surface area (Å²) in [6.45, 7) is 0.550. The van der Waals surface area contributed by atoms with E-state index in [0.717, 1.165) is 37.9 Å². The van der Waals surface area contributed by atoms with Crippen molar-refractivity contribution in [1.82, 2.24) is 0 Å². The Morgan fingerprint density at radius 3 is 3.11 bits per heavy atom. The lowest BCUT2D eigenvalue weighted by Crippen LogP contribution is -2.26. The van der Waals surface area contributed by atoms with Crippen LogP contribution in [-0.4, -0.2) is 30.9 Å². The van der Waals surface area contributed by atoms with Gasteiger partial charge in [0.05, 0.1) is 24.7 Å². The van der Waals surface area contributed by atoms with E-state index in [1.807, 2.05) is 0 Å². The van der Waals surface area contributed by atoms with Crippen LogP contribution in [0.3, 0.4) is 0 Å². The van der Waals surface area contributed by atoms with Crippen LogP contribution in [-0.2, 0) is 19.0 Å². The van der Waals surface area contributed by atoms with Crippen LogP contribution in [0.25, 0.3) is 0 Å². The molecule has 0 bridgehead atoms. The number of carbonyl (C=O) groups excluding carboxylic acids is 1. The first-order chi connectivity index (χ1) is 8.79. The maximum absolute atomic E-state index is 12.0.